The van der Waals surface area contributed by atoms with Crippen LogP contribution in [0, 0.1) is 5.92 Å². The topological polar surface area (TPSA) is 92.1 Å². The number of nitrogens with one attached hydrogen (secondary N) is 1. The van der Waals surface area contributed by atoms with Gasteiger partial charge in [0.1, 0.15) is 0 Å². The average Bonchev–Trinajstić information content (AvgIpc) is 2.68. The second-order valence-corrected chi connectivity index (χ2v) is 6.31. The highest BCUT2D eigenvalue weighted by atomic mass is 32.2. The Morgan fingerprint density at radius 3 is 2.81 bits per heavy atom. The van der Waals surface area contributed by atoms with E-state index in [0.717, 1.165) is 12.8 Å². The minimum absolute atomic E-state index is 0.138. The fraction of sp³-hybridized carbons (Fsp3) is 0.667. The molecule has 0 amide bonds. The summed E-state index contributed by atoms with van der Waals surface area (Å²) in [5.41, 5.74) is 5.66. The van der Waals surface area contributed by atoms with Gasteiger partial charge in [-0.2, -0.15) is 4.31 Å². The number of aromatic nitrogens is 2. The molecule has 6 nitrogen and oxygen atoms in total. The summed E-state index contributed by atoms with van der Waals surface area (Å²) >= 11 is 0. The molecule has 1 aliphatic carbocycles. The second-order valence-electron chi connectivity index (χ2n) is 4.30. The third kappa shape index (κ3) is 2.11. The summed E-state index contributed by atoms with van der Waals surface area (Å²) < 4.78 is 25.3. The molecule has 0 radical (unpaired) electrons. The Labute approximate surface area is 94.9 Å². The van der Waals surface area contributed by atoms with Crippen molar-refractivity contribution in [2.45, 2.75) is 23.9 Å². The molecule has 1 aromatic rings. The summed E-state index contributed by atoms with van der Waals surface area (Å²) in [4.78, 5) is 6.33. The van der Waals surface area contributed by atoms with Crippen LogP contribution in [0.4, 0.5) is 0 Å². The van der Waals surface area contributed by atoms with Gasteiger partial charge in [-0.3, -0.25) is 0 Å². The number of rotatable bonds is 4. The molecular formula is C9H16N4O2S. The summed E-state index contributed by atoms with van der Waals surface area (Å²) in [7, 11) is -1.83. The predicted molar refractivity (Wildman–Crippen MR) is 59.1 cm³/mol. The van der Waals surface area contributed by atoms with E-state index in [2.05, 4.69) is 9.97 Å². The Morgan fingerprint density at radius 2 is 2.31 bits per heavy atom. The largest absolute Gasteiger partial charge is 0.335 e. The van der Waals surface area contributed by atoms with Crippen molar-refractivity contribution in [1.82, 2.24) is 14.3 Å². The quantitative estimate of drug-likeness (QED) is 0.765. The summed E-state index contributed by atoms with van der Waals surface area (Å²) in [6.45, 7) is 0.523. The molecular weight excluding hydrogens is 228 g/mol. The van der Waals surface area contributed by atoms with E-state index in [-0.39, 0.29) is 11.1 Å². The molecule has 1 fully saturated rings. The summed E-state index contributed by atoms with van der Waals surface area (Å²) in [6, 6.07) is 0.244. The highest BCUT2D eigenvalue weighted by molar-refractivity contribution is 7.89. The molecule has 0 spiro atoms. The first kappa shape index (κ1) is 11.6. The molecule has 1 aromatic heterocycles. The second kappa shape index (κ2) is 4.15. The van der Waals surface area contributed by atoms with Crippen LogP contribution in [0.5, 0.6) is 0 Å². The number of hydrogen-bond donors (Lipinski definition) is 2. The Bertz CT molecular complexity index is 436. The minimum Gasteiger partial charge on any atom is -0.335 e. The van der Waals surface area contributed by atoms with Gasteiger partial charge in [0.05, 0.1) is 12.5 Å². The zero-order chi connectivity index (χ0) is 11.8. The molecule has 0 aromatic carbocycles. The van der Waals surface area contributed by atoms with E-state index in [4.69, 9.17) is 5.73 Å². The molecule has 0 unspecified atom stereocenters. The van der Waals surface area contributed by atoms with Gasteiger partial charge in [0.2, 0.25) is 0 Å². The number of hydrogen-bond acceptors (Lipinski definition) is 4. The monoisotopic (exact) mass is 244 g/mol. The highest BCUT2D eigenvalue weighted by Gasteiger charge is 2.31. The molecule has 0 atom stereocenters. The number of H-pyrrole nitrogens is 1. The minimum atomic E-state index is -3.41. The first-order valence-corrected chi connectivity index (χ1v) is 6.64. The molecule has 1 saturated carbocycles. The SMILES string of the molecule is CN(CC1CC(N)C1)S(=O)(=O)c1cnc[nH]1. The molecule has 7 heteroatoms. The molecule has 90 valence electrons. The van der Waals surface area contributed by atoms with Crippen LogP contribution in [-0.2, 0) is 10.0 Å². The molecule has 2 rings (SSSR count). The van der Waals surface area contributed by atoms with Crippen molar-refractivity contribution in [3.8, 4) is 0 Å². The number of aromatic amines is 1. The van der Waals surface area contributed by atoms with Crippen molar-refractivity contribution >= 4 is 10.0 Å². The van der Waals surface area contributed by atoms with Gasteiger partial charge in [-0.05, 0) is 18.8 Å². The van der Waals surface area contributed by atoms with Crippen LogP contribution in [0.15, 0.2) is 17.6 Å². The lowest BCUT2D eigenvalue weighted by molar-refractivity contribution is 0.227. The molecule has 16 heavy (non-hydrogen) atoms. The van der Waals surface area contributed by atoms with Crippen LogP contribution in [0.2, 0.25) is 0 Å². The van der Waals surface area contributed by atoms with Crippen molar-refractivity contribution in [1.29, 1.82) is 0 Å². The molecule has 1 aliphatic rings. The molecule has 0 aliphatic heterocycles. The highest BCUT2D eigenvalue weighted by Crippen LogP contribution is 2.27. The van der Waals surface area contributed by atoms with E-state index in [1.165, 1.54) is 16.8 Å². The van der Waals surface area contributed by atoms with Crippen molar-refractivity contribution in [2.75, 3.05) is 13.6 Å². The first-order valence-electron chi connectivity index (χ1n) is 5.20. The van der Waals surface area contributed by atoms with Crippen LogP contribution in [0.25, 0.3) is 0 Å². The van der Waals surface area contributed by atoms with Crippen molar-refractivity contribution < 1.29 is 8.42 Å². The lowest BCUT2D eigenvalue weighted by Gasteiger charge is -2.34. The zero-order valence-corrected chi connectivity index (χ0v) is 9.94. The normalized spacial score (nSPS) is 25.7. The summed E-state index contributed by atoms with van der Waals surface area (Å²) in [5.74, 6) is 0.387. The number of nitrogens with zero attached hydrogens (tertiary/aromatic N) is 2. The van der Waals surface area contributed by atoms with Crippen LogP contribution < -0.4 is 5.73 Å². The van der Waals surface area contributed by atoms with Gasteiger partial charge >= 0.3 is 0 Å². The maximum absolute atomic E-state index is 12.0. The van der Waals surface area contributed by atoms with Crippen LogP contribution in [0.3, 0.4) is 0 Å². The van der Waals surface area contributed by atoms with Gasteiger partial charge in [0.25, 0.3) is 10.0 Å². The van der Waals surface area contributed by atoms with Gasteiger partial charge < -0.3 is 10.7 Å². The van der Waals surface area contributed by atoms with E-state index in [9.17, 15) is 8.42 Å². The van der Waals surface area contributed by atoms with E-state index in [0.29, 0.717) is 12.5 Å². The Balaban J connectivity index is 2.01. The molecule has 3 N–H and O–H groups in total. The van der Waals surface area contributed by atoms with Gasteiger partial charge in [-0.1, -0.05) is 0 Å². The summed E-state index contributed by atoms with van der Waals surface area (Å²) in [6.07, 6.45) is 4.49. The average molecular weight is 244 g/mol. The van der Waals surface area contributed by atoms with Gasteiger partial charge in [-0.15, -0.1) is 0 Å². The summed E-state index contributed by atoms with van der Waals surface area (Å²) in [5, 5.41) is 0.138. The van der Waals surface area contributed by atoms with Gasteiger partial charge in [-0.25, -0.2) is 13.4 Å². The molecule has 0 saturated heterocycles. The third-order valence-corrected chi connectivity index (χ3v) is 4.70. The van der Waals surface area contributed by atoms with Gasteiger partial charge in [0, 0.05) is 19.6 Å². The van der Waals surface area contributed by atoms with Crippen molar-refractivity contribution in [3.05, 3.63) is 12.5 Å². The predicted octanol–water partition coefficient (Wildman–Crippen LogP) is -0.232. The van der Waals surface area contributed by atoms with Crippen LogP contribution in [-0.4, -0.2) is 42.3 Å². The van der Waals surface area contributed by atoms with Crippen molar-refractivity contribution in [3.63, 3.8) is 0 Å². The number of imidazole rings is 1. The Morgan fingerprint density at radius 1 is 1.62 bits per heavy atom. The fourth-order valence-electron chi connectivity index (χ4n) is 1.95. The van der Waals surface area contributed by atoms with Crippen LogP contribution >= 0.6 is 0 Å². The van der Waals surface area contributed by atoms with Gasteiger partial charge in [0.15, 0.2) is 5.03 Å². The van der Waals surface area contributed by atoms with E-state index in [1.807, 2.05) is 0 Å². The number of nitrogens with two attached hydrogens (primary N) is 1. The lowest BCUT2D eigenvalue weighted by atomic mass is 9.81. The molecule has 0 bridgehead atoms. The molecule has 1 heterocycles. The lowest BCUT2D eigenvalue weighted by Crippen LogP contribution is -2.43. The van der Waals surface area contributed by atoms with E-state index in [1.54, 1.807) is 7.05 Å². The smallest absolute Gasteiger partial charge is 0.259 e. The van der Waals surface area contributed by atoms with E-state index < -0.39 is 10.0 Å². The number of sulfonamides is 1. The fourth-order valence-corrected chi connectivity index (χ4v) is 3.09. The third-order valence-electron chi connectivity index (χ3n) is 2.95. The Hall–Kier alpha value is -0.920. The Kier molecular flexibility index (Phi) is 3.00. The van der Waals surface area contributed by atoms with E-state index >= 15 is 0 Å². The first-order chi connectivity index (χ1) is 7.50. The standard InChI is InChI=1S/C9H16N4O2S/c1-13(5-7-2-8(10)3-7)16(14,15)9-4-11-6-12-9/h4,6-8H,2-3,5,10H2,1H3,(H,11,12). The van der Waals surface area contributed by atoms with Crippen molar-refractivity contribution in [2.24, 2.45) is 11.7 Å². The maximum Gasteiger partial charge on any atom is 0.259 e. The maximum atomic E-state index is 12.0. The van der Waals surface area contributed by atoms with Crippen LogP contribution in [0.1, 0.15) is 12.8 Å². The zero-order valence-electron chi connectivity index (χ0n) is 9.13.